The Balaban J connectivity index is 1.76. The second-order valence-electron chi connectivity index (χ2n) is 5.29. The van der Waals surface area contributed by atoms with Crippen molar-refractivity contribution in [1.82, 2.24) is 10.3 Å². The molecule has 7 heteroatoms. The van der Waals surface area contributed by atoms with Gasteiger partial charge in [0.25, 0.3) is 0 Å². The molecular weight excluding hydrogens is 311 g/mol. The number of amides is 1. The first kappa shape index (κ1) is 15.8. The molecule has 1 aromatic heterocycles. The summed E-state index contributed by atoms with van der Waals surface area (Å²) in [6.07, 6.45) is 5.33. The topological polar surface area (TPSA) is 80.5 Å². The van der Waals surface area contributed by atoms with Gasteiger partial charge in [-0.05, 0) is 24.3 Å². The van der Waals surface area contributed by atoms with Gasteiger partial charge in [-0.15, -0.1) is 0 Å². The number of benzene rings is 1. The summed E-state index contributed by atoms with van der Waals surface area (Å²) >= 11 is 0. The van der Waals surface area contributed by atoms with E-state index in [1.165, 1.54) is 17.2 Å². The van der Waals surface area contributed by atoms with Crippen LogP contribution in [0, 0.1) is 5.82 Å². The molecule has 0 radical (unpaired) electrons. The summed E-state index contributed by atoms with van der Waals surface area (Å²) in [5.74, 6) is -0.416. The van der Waals surface area contributed by atoms with Crippen LogP contribution in [-0.4, -0.2) is 30.3 Å². The lowest BCUT2D eigenvalue weighted by Gasteiger charge is -2.14. The zero-order valence-electron chi connectivity index (χ0n) is 12.9. The van der Waals surface area contributed by atoms with E-state index in [-0.39, 0.29) is 6.10 Å². The van der Waals surface area contributed by atoms with Gasteiger partial charge in [-0.3, -0.25) is 9.88 Å². The summed E-state index contributed by atoms with van der Waals surface area (Å²) in [5, 5.41) is 2.92. The van der Waals surface area contributed by atoms with E-state index in [1.54, 1.807) is 42.9 Å². The summed E-state index contributed by atoms with van der Waals surface area (Å²) in [6, 6.07) is 8.19. The third-order valence-corrected chi connectivity index (χ3v) is 3.67. The first-order chi connectivity index (χ1) is 11.7. The minimum Gasteiger partial charge on any atom is -0.442 e. The number of aromatic nitrogens is 1. The van der Waals surface area contributed by atoms with Crippen molar-refractivity contribution < 1.29 is 13.9 Å². The van der Waals surface area contributed by atoms with Crippen LogP contribution in [0.3, 0.4) is 0 Å². The molecule has 124 valence electrons. The van der Waals surface area contributed by atoms with Crippen LogP contribution >= 0.6 is 0 Å². The molecule has 0 unspecified atom stereocenters. The molecule has 2 heterocycles. The van der Waals surface area contributed by atoms with E-state index in [1.807, 2.05) is 0 Å². The molecule has 1 saturated heterocycles. The fourth-order valence-corrected chi connectivity index (χ4v) is 2.53. The highest BCUT2D eigenvalue weighted by Gasteiger charge is 2.32. The number of pyridine rings is 1. The van der Waals surface area contributed by atoms with Crippen LogP contribution < -0.4 is 16.0 Å². The Morgan fingerprint density at radius 1 is 1.46 bits per heavy atom. The number of nitrogens with two attached hydrogens (primary N) is 1. The maximum Gasteiger partial charge on any atom is 0.414 e. The number of hydrogen-bond acceptors (Lipinski definition) is 5. The highest BCUT2D eigenvalue weighted by molar-refractivity contribution is 5.90. The molecule has 1 amide bonds. The van der Waals surface area contributed by atoms with Gasteiger partial charge < -0.3 is 15.8 Å². The second-order valence-corrected chi connectivity index (χ2v) is 5.29. The van der Waals surface area contributed by atoms with Crippen molar-refractivity contribution in [1.29, 1.82) is 0 Å². The molecule has 6 nitrogen and oxygen atoms in total. The van der Waals surface area contributed by atoms with Gasteiger partial charge in [-0.25, -0.2) is 9.18 Å². The van der Waals surface area contributed by atoms with Crippen LogP contribution in [-0.2, 0) is 4.74 Å². The third kappa shape index (κ3) is 3.29. The fourth-order valence-electron chi connectivity index (χ4n) is 2.53. The van der Waals surface area contributed by atoms with Crippen molar-refractivity contribution in [2.24, 2.45) is 5.73 Å². The molecule has 0 spiro atoms. The molecule has 0 bridgehead atoms. The maximum absolute atomic E-state index is 14.4. The second kappa shape index (κ2) is 6.99. The van der Waals surface area contributed by atoms with Crippen molar-refractivity contribution in [3.05, 3.63) is 60.9 Å². The minimum absolute atomic E-state index is 0.324. The number of nitrogens with one attached hydrogen (secondary N) is 1. The van der Waals surface area contributed by atoms with E-state index in [0.717, 1.165) is 0 Å². The molecular formula is C17H17FN4O2. The number of carbonyl (C=O) groups excluding carboxylic acids is 1. The standard InChI is InChI=1S/C17H17FN4O2/c18-16-8-13(3-4-15(16)12-2-1-6-20-9-12)22-11-14(24-17(22)23)10-21-7-5-19/h1-9,14,21H,10-11,19H2/b7-5-/t14-/m0/s1. The predicted molar refractivity (Wildman–Crippen MR) is 88.6 cm³/mol. The Morgan fingerprint density at radius 3 is 3.04 bits per heavy atom. The lowest BCUT2D eigenvalue weighted by molar-refractivity contribution is 0.142. The van der Waals surface area contributed by atoms with E-state index in [2.05, 4.69) is 10.3 Å². The van der Waals surface area contributed by atoms with Gasteiger partial charge in [0.15, 0.2) is 0 Å². The number of ether oxygens (including phenoxy) is 1. The fraction of sp³-hybridized carbons (Fsp3) is 0.176. The third-order valence-electron chi connectivity index (χ3n) is 3.67. The van der Waals surface area contributed by atoms with Crippen molar-refractivity contribution in [3.63, 3.8) is 0 Å². The van der Waals surface area contributed by atoms with Crippen LogP contribution in [0.25, 0.3) is 11.1 Å². The highest BCUT2D eigenvalue weighted by Crippen LogP contribution is 2.28. The smallest absolute Gasteiger partial charge is 0.414 e. The average Bonchev–Trinajstić information content (AvgIpc) is 2.96. The molecule has 1 aromatic carbocycles. The number of nitrogens with zero attached hydrogens (tertiary/aromatic N) is 2. The van der Waals surface area contributed by atoms with Gasteiger partial charge in [0.05, 0.1) is 18.8 Å². The summed E-state index contributed by atoms with van der Waals surface area (Å²) in [7, 11) is 0. The Hall–Kier alpha value is -3.09. The lowest BCUT2D eigenvalue weighted by atomic mass is 10.1. The number of carbonyl (C=O) groups is 1. The van der Waals surface area contributed by atoms with Crippen LogP contribution in [0.4, 0.5) is 14.9 Å². The summed E-state index contributed by atoms with van der Waals surface area (Å²) < 4.78 is 19.7. The SMILES string of the molecule is N/C=C\NC[C@H]1CN(c2ccc(-c3cccnc3)c(F)c2)C(=O)O1. The van der Waals surface area contributed by atoms with Crippen LogP contribution in [0.15, 0.2) is 55.1 Å². The maximum atomic E-state index is 14.4. The molecule has 3 N–H and O–H groups in total. The zero-order valence-corrected chi connectivity index (χ0v) is 12.9. The number of hydrogen-bond donors (Lipinski definition) is 2. The van der Waals surface area contributed by atoms with Crippen molar-refractivity contribution in [3.8, 4) is 11.1 Å². The molecule has 0 saturated carbocycles. The van der Waals surface area contributed by atoms with Gasteiger partial charge in [-0.2, -0.15) is 0 Å². The minimum atomic E-state index is -0.493. The molecule has 1 fully saturated rings. The summed E-state index contributed by atoms with van der Waals surface area (Å²) in [4.78, 5) is 17.4. The van der Waals surface area contributed by atoms with Crippen LogP contribution in [0.2, 0.25) is 0 Å². The monoisotopic (exact) mass is 328 g/mol. The van der Waals surface area contributed by atoms with Crippen LogP contribution in [0.1, 0.15) is 0 Å². The molecule has 24 heavy (non-hydrogen) atoms. The van der Waals surface area contributed by atoms with Gasteiger partial charge in [0.2, 0.25) is 0 Å². The Kier molecular flexibility index (Phi) is 4.60. The molecule has 1 aliphatic heterocycles. The number of rotatable bonds is 5. The van der Waals surface area contributed by atoms with E-state index in [0.29, 0.717) is 29.9 Å². The zero-order chi connectivity index (χ0) is 16.9. The Morgan fingerprint density at radius 2 is 2.33 bits per heavy atom. The van der Waals surface area contributed by atoms with Crippen molar-refractivity contribution in [2.75, 3.05) is 18.0 Å². The molecule has 3 rings (SSSR count). The summed E-state index contributed by atoms with van der Waals surface area (Å²) in [6.45, 7) is 0.780. The molecule has 1 atom stereocenters. The van der Waals surface area contributed by atoms with E-state index < -0.39 is 11.9 Å². The van der Waals surface area contributed by atoms with Gasteiger partial charge in [0.1, 0.15) is 11.9 Å². The molecule has 2 aromatic rings. The average molecular weight is 328 g/mol. The number of anilines is 1. The van der Waals surface area contributed by atoms with Crippen molar-refractivity contribution >= 4 is 11.8 Å². The molecule has 0 aliphatic carbocycles. The molecule has 1 aliphatic rings. The number of cyclic esters (lactones) is 1. The first-order valence-corrected chi connectivity index (χ1v) is 7.47. The van der Waals surface area contributed by atoms with Gasteiger partial charge >= 0.3 is 6.09 Å². The summed E-state index contributed by atoms with van der Waals surface area (Å²) in [5.41, 5.74) is 6.81. The highest BCUT2D eigenvalue weighted by atomic mass is 19.1. The van der Waals surface area contributed by atoms with E-state index in [4.69, 9.17) is 10.5 Å². The van der Waals surface area contributed by atoms with E-state index >= 15 is 0 Å². The van der Waals surface area contributed by atoms with E-state index in [9.17, 15) is 9.18 Å². The first-order valence-electron chi connectivity index (χ1n) is 7.47. The van der Waals surface area contributed by atoms with Crippen molar-refractivity contribution in [2.45, 2.75) is 6.10 Å². The van der Waals surface area contributed by atoms with Crippen LogP contribution in [0.5, 0.6) is 0 Å². The Labute approximate surface area is 138 Å². The predicted octanol–water partition coefficient (Wildman–Crippen LogP) is 2.23. The van der Waals surface area contributed by atoms with Gasteiger partial charge in [-0.1, -0.05) is 6.07 Å². The largest absolute Gasteiger partial charge is 0.442 e. The van der Waals surface area contributed by atoms with Gasteiger partial charge in [0, 0.05) is 35.9 Å². The number of halogens is 1. The quantitative estimate of drug-likeness (QED) is 0.880. The Bertz CT molecular complexity index is 752. The lowest BCUT2D eigenvalue weighted by Crippen LogP contribution is -2.28. The normalized spacial score (nSPS) is 17.3.